The summed E-state index contributed by atoms with van der Waals surface area (Å²) in [5, 5.41) is 2.81. The molecule has 2 aromatic carbocycles. The molecule has 2 aromatic rings. The minimum absolute atomic E-state index is 0.125. The van der Waals surface area contributed by atoms with Crippen LogP contribution in [0.15, 0.2) is 41.3 Å². The molecule has 0 saturated carbocycles. The van der Waals surface area contributed by atoms with E-state index in [1.807, 2.05) is 6.07 Å². The molecule has 1 fully saturated rings. The van der Waals surface area contributed by atoms with E-state index >= 15 is 0 Å². The van der Waals surface area contributed by atoms with E-state index in [9.17, 15) is 13.2 Å². The second-order valence-corrected chi connectivity index (χ2v) is 9.95. The minimum atomic E-state index is -3.75. The minimum Gasteiger partial charge on any atom is -0.454 e. The molecule has 0 aliphatic carbocycles. The number of anilines is 2. The second kappa shape index (κ2) is 7.35. The highest BCUT2D eigenvalue weighted by molar-refractivity contribution is 7.89. The fourth-order valence-corrected chi connectivity index (χ4v) is 4.79. The molecule has 1 N–H and O–H groups in total. The average Bonchev–Trinajstić information content (AvgIpc) is 2.83. The first-order valence-electron chi connectivity index (χ1n) is 9.71. The number of rotatable bonds is 3. The van der Waals surface area contributed by atoms with Gasteiger partial charge in [0, 0.05) is 33.3 Å². The molecule has 0 bridgehead atoms. The van der Waals surface area contributed by atoms with E-state index in [0.717, 1.165) is 25.9 Å². The predicted molar refractivity (Wildman–Crippen MR) is 112 cm³/mol. The Bertz CT molecular complexity index is 1060. The van der Waals surface area contributed by atoms with Gasteiger partial charge in [-0.15, -0.1) is 0 Å². The standard InChI is InChI=1S/C21H25N3O4S/c1-14-8-10-24(11-9-14)17-13-19-15(12-20(17)29(26,27)23(2)3)21(25)22-16-6-4-5-7-18(16)28-19/h4-7,12-14H,8-11H2,1-3H3,(H,22,25). The number of hydrogen-bond acceptors (Lipinski definition) is 5. The molecule has 154 valence electrons. The van der Waals surface area contributed by atoms with Crippen molar-refractivity contribution in [1.82, 2.24) is 4.31 Å². The van der Waals surface area contributed by atoms with Gasteiger partial charge >= 0.3 is 0 Å². The lowest BCUT2D eigenvalue weighted by Gasteiger charge is -2.34. The lowest BCUT2D eigenvalue weighted by Crippen LogP contribution is -2.35. The molecule has 0 atom stereocenters. The van der Waals surface area contributed by atoms with Crippen LogP contribution < -0.4 is 15.0 Å². The molecule has 1 saturated heterocycles. The number of piperidine rings is 1. The maximum atomic E-state index is 13.1. The quantitative estimate of drug-likeness (QED) is 0.830. The zero-order valence-electron chi connectivity index (χ0n) is 16.8. The Morgan fingerprint density at radius 1 is 1.10 bits per heavy atom. The Hall–Kier alpha value is -2.58. The van der Waals surface area contributed by atoms with Crippen LogP contribution in [0, 0.1) is 5.92 Å². The number of carbonyl (C=O) groups is 1. The average molecular weight is 416 g/mol. The van der Waals surface area contributed by atoms with E-state index in [0.29, 0.717) is 28.8 Å². The van der Waals surface area contributed by atoms with Gasteiger partial charge in [0.2, 0.25) is 10.0 Å². The van der Waals surface area contributed by atoms with Crippen molar-refractivity contribution in [2.24, 2.45) is 5.92 Å². The van der Waals surface area contributed by atoms with E-state index in [1.165, 1.54) is 24.5 Å². The molecule has 0 aromatic heterocycles. The molecule has 0 unspecified atom stereocenters. The van der Waals surface area contributed by atoms with Gasteiger partial charge in [-0.1, -0.05) is 19.1 Å². The number of hydrogen-bond donors (Lipinski definition) is 1. The molecule has 29 heavy (non-hydrogen) atoms. The summed E-state index contributed by atoms with van der Waals surface area (Å²) >= 11 is 0. The Labute approximate surface area is 171 Å². The van der Waals surface area contributed by atoms with E-state index in [1.54, 1.807) is 24.3 Å². The number of nitrogens with zero attached hydrogens (tertiary/aromatic N) is 2. The smallest absolute Gasteiger partial charge is 0.259 e. The highest BCUT2D eigenvalue weighted by Gasteiger charge is 2.31. The van der Waals surface area contributed by atoms with E-state index in [-0.39, 0.29) is 16.4 Å². The summed E-state index contributed by atoms with van der Waals surface area (Å²) in [6, 6.07) is 10.3. The first-order valence-corrected chi connectivity index (χ1v) is 11.1. The third-order valence-corrected chi connectivity index (χ3v) is 7.39. The van der Waals surface area contributed by atoms with Crippen molar-refractivity contribution in [2.45, 2.75) is 24.7 Å². The summed E-state index contributed by atoms with van der Waals surface area (Å²) in [7, 11) is -0.759. The van der Waals surface area contributed by atoms with Crippen LogP contribution in [0.25, 0.3) is 0 Å². The third-order valence-electron chi connectivity index (χ3n) is 5.54. The first-order chi connectivity index (χ1) is 13.8. The lowest BCUT2D eigenvalue weighted by molar-refractivity contribution is 0.102. The van der Waals surface area contributed by atoms with Crippen LogP contribution in [-0.2, 0) is 10.0 Å². The number of sulfonamides is 1. The fraction of sp³-hybridized carbons (Fsp3) is 0.381. The topological polar surface area (TPSA) is 79.0 Å². The summed E-state index contributed by atoms with van der Waals surface area (Å²) in [5.74, 6) is 1.11. The van der Waals surface area contributed by atoms with Gasteiger partial charge in [-0.2, -0.15) is 0 Å². The van der Waals surface area contributed by atoms with Crippen LogP contribution in [0.4, 0.5) is 11.4 Å². The molecule has 1 amide bonds. The normalized spacial score (nSPS) is 17.2. The molecule has 2 aliphatic rings. The molecule has 2 heterocycles. The van der Waals surface area contributed by atoms with Gasteiger partial charge in [-0.25, -0.2) is 12.7 Å². The SMILES string of the molecule is CC1CCN(c2cc3c(cc2S(=O)(=O)N(C)C)C(=O)Nc2ccccc2O3)CC1. The van der Waals surface area contributed by atoms with Crippen LogP contribution >= 0.6 is 0 Å². The van der Waals surface area contributed by atoms with Gasteiger partial charge in [0.05, 0.1) is 16.9 Å². The van der Waals surface area contributed by atoms with Crippen molar-refractivity contribution in [3.8, 4) is 11.5 Å². The monoisotopic (exact) mass is 415 g/mol. The molecule has 8 heteroatoms. The maximum absolute atomic E-state index is 13.1. The molecule has 4 rings (SSSR count). The zero-order valence-corrected chi connectivity index (χ0v) is 17.6. The third kappa shape index (κ3) is 3.58. The molecule has 2 aliphatic heterocycles. The highest BCUT2D eigenvalue weighted by atomic mass is 32.2. The number of nitrogens with one attached hydrogen (secondary N) is 1. The molecule has 0 radical (unpaired) electrons. The first kappa shape index (κ1) is 19.7. The van der Waals surface area contributed by atoms with Crippen LogP contribution in [0.5, 0.6) is 11.5 Å². The summed E-state index contributed by atoms with van der Waals surface area (Å²) in [6.07, 6.45) is 1.98. The van der Waals surface area contributed by atoms with Crippen molar-refractivity contribution in [3.05, 3.63) is 42.0 Å². The van der Waals surface area contributed by atoms with Gasteiger partial charge in [-0.3, -0.25) is 4.79 Å². The van der Waals surface area contributed by atoms with Gasteiger partial charge in [0.25, 0.3) is 5.91 Å². The van der Waals surface area contributed by atoms with Crippen LogP contribution in [0.2, 0.25) is 0 Å². The van der Waals surface area contributed by atoms with Crippen molar-refractivity contribution in [1.29, 1.82) is 0 Å². The van der Waals surface area contributed by atoms with E-state index < -0.39 is 10.0 Å². The highest BCUT2D eigenvalue weighted by Crippen LogP contribution is 2.41. The van der Waals surface area contributed by atoms with Crippen LogP contribution in [-0.4, -0.2) is 45.8 Å². The number of fused-ring (bicyclic) bond motifs is 2. The van der Waals surface area contributed by atoms with Gasteiger partial charge in [0.1, 0.15) is 10.6 Å². The Morgan fingerprint density at radius 2 is 1.79 bits per heavy atom. The van der Waals surface area contributed by atoms with Gasteiger partial charge in [0.15, 0.2) is 5.75 Å². The Balaban J connectivity index is 1.88. The molecular weight excluding hydrogens is 390 g/mol. The van der Waals surface area contributed by atoms with Crippen molar-refractivity contribution in [3.63, 3.8) is 0 Å². The summed E-state index contributed by atoms with van der Waals surface area (Å²) in [6.45, 7) is 3.73. The van der Waals surface area contributed by atoms with Gasteiger partial charge < -0.3 is 15.0 Å². The molecule has 7 nitrogen and oxygen atoms in total. The Kier molecular flexibility index (Phi) is 5.00. The molecular formula is C21H25N3O4S. The fourth-order valence-electron chi connectivity index (χ4n) is 3.68. The Morgan fingerprint density at radius 3 is 2.48 bits per heavy atom. The number of carbonyl (C=O) groups excluding carboxylic acids is 1. The number of ether oxygens (including phenoxy) is 1. The predicted octanol–water partition coefficient (Wildman–Crippen LogP) is 3.53. The van der Waals surface area contributed by atoms with E-state index in [2.05, 4.69) is 17.1 Å². The van der Waals surface area contributed by atoms with Gasteiger partial charge in [-0.05, 0) is 37.0 Å². The molecule has 0 spiro atoms. The summed E-state index contributed by atoms with van der Waals surface area (Å²) in [5.41, 5.74) is 1.34. The summed E-state index contributed by atoms with van der Waals surface area (Å²) < 4.78 is 33.4. The van der Waals surface area contributed by atoms with Crippen LogP contribution in [0.1, 0.15) is 30.1 Å². The van der Waals surface area contributed by atoms with Crippen molar-refractivity contribution >= 4 is 27.3 Å². The largest absolute Gasteiger partial charge is 0.454 e. The summed E-state index contributed by atoms with van der Waals surface area (Å²) in [4.78, 5) is 15.0. The maximum Gasteiger partial charge on any atom is 0.259 e. The number of benzene rings is 2. The van der Waals surface area contributed by atoms with Crippen molar-refractivity contribution in [2.75, 3.05) is 37.4 Å². The second-order valence-electron chi connectivity index (χ2n) is 7.83. The number of para-hydroxylation sites is 2. The van der Waals surface area contributed by atoms with Crippen LogP contribution in [0.3, 0.4) is 0 Å². The zero-order chi connectivity index (χ0) is 20.8. The van der Waals surface area contributed by atoms with Crippen molar-refractivity contribution < 1.29 is 17.9 Å². The van der Waals surface area contributed by atoms with E-state index in [4.69, 9.17) is 4.74 Å². The number of amides is 1. The lowest BCUT2D eigenvalue weighted by atomic mass is 9.98.